The van der Waals surface area contributed by atoms with Gasteiger partial charge in [-0.25, -0.2) is 14.1 Å². The second-order valence-electron chi connectivity index (χ2n) is 2.81. The fourth-order valence-electron chi connectivity index (χ4n) is 1.11. The number of hydrogen-bond acceptors (Lipinski definition) is 4. The zero-order chi connectivity index (χ0) is 9.97. The van der Waals surface area contributed by atoms with Gasteiger partial charge in [-0.3, -0.25) is 4.98 Å². The molecule has 0 aliphatic carbocycles. The fraction of sp³-hybridized carbons (Fsp3) is 0.125. The minimum Gasteiger partial charge on any atom is -0.367 e. The summed E-state index contributed by atoms with van der Waals surface area (Å²) in [6, 6.07) is 1.39. The van der Waals surface area contributed by atoms with Crippen molar-refractivity contribution in [3.8, 4) is 0 Å². The molecule has 6 heteroatoms. The van der Waals surface area contributed by atoms with E-state index in [9.17, 15) is 4.39 Å². The molecule has 0 bridgehead atoms. The van der Waals surface area contributed by atoms with Gasteiger partial charge in [0.15, 0.2) is 0 Å². The van der Waals surface area contributed by atoms with Crippen LogP contribution in [0.5, 0.6) is 0 Å². The third-order valence-electron chi connectivity index (χ3n) is 1.66. The third kappa shape index (κ3) is 1.85. The number of nitrogens with zero attached hydrogens (tertiary/aromatic N) is 4. The van der Waals surface area contributed by atoms with Crippen LogP contribution in [0, 0.1) is 5.82 Å². The summed E-state index contributed by atoms with van der Waals surface area (Å²) >= 11 is 0. The van der Waals surface area contributed by atoms with Crippen LogP contribution < -0.4 is 5.73 Å². The van der Waals surface area contributed by atoms with E-state index in [1.165, 1.54) is 17.1 Å². The van der Waals surface area contributed by atoms with Gasteiger partial charge >= 0.3 is 0 Å². The molecular weight excluding hydrogens is 185 g/mol. The Morgan fingerprint density at radius 1 is 1.43 bits per heavy atom. The Kier molecular flexibility index (Phi) is 2.10. The molecule has 72 valence electrons. The SMILES string of the molecule is Nc1ncn(Cc2cncc(F)c2)n1. The van der Waals surface area contributed by atoms with Gasteiger partial charge in [-0.15, -0.1) is 5.10 Å². The highest BCUT2D eigenvalue weighted by molar-refractivity contribution is 5.13. The van der Waals surface area contributed by atoms with Gasteiger partial charge in [-0.1, -0.05) is 0 Å². The maximum absolute atomic E-state index is 12.7. The molecule has 0 aromatic carbocycles. The first-order valence-corrected chi connectivity index (χ1v) is 3.98. The highest BCUT2D eigenvalue weighted by atomic mass is 19.1. The van der Waals surface area contributed by atoms with Gasteiger partial charge in [0.25, 0.3) is 0 Å². The predicted molar refractivity (Wildman–Crippen MR) is 47.7 cm³/mol. The van der Waals surface area contributed by atoms with E-state index in [4.69, 9.17) is 5.73 Å². The zero-order valence-corrected chi connectivity index (χ0v) is 7.26. The molecule has 0 unspecified atom stereocenters. The lowest BCUT2D eigenvalue weighted by Gasteiger charge is -1.99. The van der Waals surface area contributed by atoms with Crippen LogP contribution in [-0.4, -0.2) is 19.7 Å². The number of rotatable bonds is 2. The quantitative estimate of drug-likeness (QED) is 0.751. The van der Waals surface area contributed by atoms with Crippen molar-refractivity contribution in [2.24, 2.45) is 0 Å². The van der Waals surface area contributed by atoms with Crippen LogP contribution in [-0.2, 0) is 6.54 Å². The van der Waals surface area contributed by atoms with E-state index in [-0.39, 0.29) is 11.8 Å². The molecule has 0 aliphatic heterocycles. The monoisotopic (exact) mass is 193 g/mol. The molecule has 2 N–H and O–H groups in total. The fourth-order valence-corrected chi connectivity index (χ4v) is 1.11. The Morgan fingerprint density at radius 3 is 2.93 bits per heavy atom. The molecule has 0 aliphatic rings. The topological polar surface area (TPSA) is 69.6 Å². The number of anilines is 1. The first-order valence-electron chi connectivity index (χ1n) is 3.98. The predicted octanol–water partition coefficient (Wildman–Crippen LogP) is 0.443. The summed E-state index contributed by atoms with van der Waals surface area (Å²) in [5.74, 6) is -0.162. The molecule has 0 spiro atoms. The highest BCUT2D eigenvalue weighted by Gasteiger charge is 1.99. The van der Waals surface area contributed by atoms with E-state index in [1.807, 2.05) is 0 Å². The number of halogens is 1. The van der Waals surface area contributed by atoms with Crippen molar-refractivity contribution >= 4 is 5.95 Å². The van der Waals surface area contributed by atoms with E-state index < -0.39 is 0 Å². The summed E-state index contributed by atoms with van der Waals surface area (Å²) in [7, 11) is 0. The number of hydrogen-bond donors (Lipinski definition) is 1. The summed E-state index contributed by atoms with van der Waals surface area (Å²) < 4.78 is 14.3. The van der Waals surface area contributed by atoms with Crippen LogP contribution in [0.15, 0.2) is 24.8 Å². The lowest BCUT2D eigenvalue weighted by atomic mass is 10.3. The van der Waals surface area contributed by atoms with Crippen LogP contribution in [0.3, 0.4) is 0 Å². The molecule has 0 atom stereocenters. The smallest absolute Gasteiger partial charge is 0.239 e. The minimum absolute atomic E-state index is 0.203. The Balaban J connectivity index is 2.18. The lowest BCUT2D eigenvalue weighted by molar-refractivity contribution is 0.611. The highest BCUT2D eigenvalue weighted by Crippen LogP contribution is 2.03. The van der Waals surface area contributed by atoms with Gasteiger partial charge < -0.3 is 5.73 Å². The molecule has 5 nitrogen and oxygen atoms in total. The number of nitrogen functional groups attached to an aromatic ring is 1. The Morgan fingerprint density at radius 2 is 2.29 bits per heavy atom. The van der Waals surface area contributed by atoms with Crippen LogP contribution in [0.2, 0.25) is 0 Å². The first-order chi connectivity index (χ1) is 6.74. The second-order valence-corrected chi connectivity index (χ2v) is 2.81. The number of nitrogens with two attached hydrogens (primary N) is 1. The molecule has 2 aromatic heterocycles. The molecule has 0 radical (unpaired) electrons. The van der Waals surface area contributed by atoms with E-state index in [0.29, 0.717) is 6.54 Å². The molecule has 0 fully saturated rings. The van der Waals surface area contributed by atoms with Crippen molar-refractivity contribution in [2.75, 3.05) is 5.73 Å². The van der Waals surface area contributed by atoms with Gasteiger partial charge in [0.05, 0.1) is 12.7 Å². The molecule has 0 saturated carbocycles. The summed E-state index contributed by atoms with van der Waals surface area (Å²) in [5.41, 5.74) is 6.05. The summed E-state index contributed by atoms with van der Waals surface area (Å²) in [5, 5.41) is 3.87. The van der Waals surface area contributed by atoms with Crippen LogP contribution >= 0.6 is 0 Å². The van der Waals surface area contributed by atoms with Crippen LogP contribution in [0.25, 0.3) is 0 Å². The van der Waals surface area contributed by atoms with Gasteiger partial charge in [0.2, 0.25) is 5.95 Å². The summed E-state index contributed by atoms with van der Waals surface area (Å²) in [4.78, 5) is 7.47. The van der Waals surface area contributed by atoms with Crippen molar-refractivity contribution in [3.05, 3.63) is 36.2 Å². The lowest BCUT2D eigenvalue weighted by Crippen LogP contribution is -2.01. The number of pyridine rings is 1. The van der Waals surface area contributed by atoms with E-state index in [0.717, 1.165) is 11.8 Å². The average molecular weight is 193 g/mol. The van der Waals surface area contributed by atoms with E-state index >= 15 is 0 Å². The van der Waals surface area contributed by atoms with Crippen LogP contribution in [0.4, 0.5) is 10.3 Å². The van der Waals surface area contributed by atoms with Gasteiger partial charge in [-0.05, 0) is 11.6 Å². The largest absolute Gasteiger partial charge is 0.367 e. The van der Waals surface area contributed by atoms with Crippen molar-refractivity contribution in [2.45, 2.75) is 6.54 Å². The maximum atomic E-state index is 12.7. The van der Waals surface area contributed by atoms with Gasteiger partial charge in [-0.2, -0.15) is 0 Å². The molecular formula is C8H8FN5. The van der Waals surface area contributed by atoms with Crippen molar-refractivity contribution in [1.29, 1.82) is 0 Å². The molecule has 2 aromatic rings. The molecule has 14 heavy (non-hydrogen) atoms. The minimum atomic E-state index is -0.365. The number of aromatic nitrogens is 4. The van der Waals surface area contributed by atoms with Crippen molar-refractivity contribution in [3.63, 3.8) is 0 Å². The Bertz CT molecular complexity index is 439. The first kappa shape index (κ1) is 8.61. The van der Waals surface area contributed by atoms with Gasteiger partial charge in [0.1, 0.15) is 12.1 Å². The average Bonchev–Trinajstić information content (AvgIpc) is 2.51. The standard InChI is InChI=1S/C8H8FN5/c9-7-1-6(2-11-3-7)4-14-5-12-8(10)13-14/h1-3,5H,4H2,(H2,10,13). The summed E-state index contributed by atoms with van der Waals surface area (Å²) in [6.45, 7) is 0.412. The van der Waals surface area contributed by atoms with Gasteiger partial charge in [0, 0.05) is 6.20 Å². The molecule has 0 amide bonds. The molecule has 2 rings (SSSR count). The van der Waals surface area contributed by atoms with E-state index in [2.05, 4.69) is 15.1 Å². The Labute approximate surface area is 79.4 Å². The zero-order valence-electron chi connectivity index (χ0n) is 7.26. The van der Waals surface area contributed by atoms with Crippen LogP contribution in [0.1, 0.15) is 5.56 Å². The maximum Gasteiger partial charge on any atom is 0.239 e. The summed E-state index contributed by atoms with van der Waals surface area (Å²) in [6.07, 6.45) is 4.21. The normalized spacial score (nSPS) is 10.4. The molecule has 2 heterocycles. The van der Waals surface area contributed by atoms with Crippen molar-refractivity contribution in [1.82, 2.24) is 19.7 Å². The second kappa shape index (κ2) is 3.41. The third-order valence-corrected chi connectivity index (χ3v) is 1.66. The van der Waals surface area contributed by atoms with E-state index in [1.54, 1.807) is 6.20 Å². The molecule has 0 saturated heterocycles. The van der Waals surface area contributed by atoms with Crippen molar-refractivity contribution < 1.29 is 4.39 Å². The Hall–Kier alpha value is -1.98.